The Balaban J connectivity index is 1.96. The maximum Gasteiger partial charge on any atom is 0.157 e. The molecular formula is C15H32O2Si. The standard InChI is InChI=1S/C15H32O2Si/c1-4-5-13-18(2,3)14-9-8-12-17-15-10-6-7-11-16-15/h15H,4-14H2,1-3H3. The van der Waals surface area contributed by atoms with Crippen molar-refractivity contribution in [1.82, 2.24) is 0 Å². The topological polar surface area (TPSA) is 18.5 Å². The molecule has 1 saturated heterocycles. The van der Waals surface area contributed by atoms with Crippen LogP contribution in [-0.4, -0.2) is 27.6 Å². The first-order chi connectivity index (χ1) is 8.64. The van der Waals surface area contributed by atoms with Gasteiger partial charge in [-0.1, -0.05) is 51.4 Å². The highest BCUT2D eigenvalue weighted by atomic mass is 28.3. The predicted octanol–water partition coefficient (Wildman–Crippen LogP) is 4.82. The van der Waals surface area contributed by atoms with E-state index in [9.17, 15) is 0 Å². The van der Waals surface area contributed by atoms with E-state index in [1.165, 1.54) is 50.6 Å². The molecule has 18 heavy (non-hydrogen) atoms. The van der Waals surface area contributed by atoms with Gasteiger partial charge in [-0.25, -0.2) is 0 Å². The van der Waals surface area contributed by atoms with Crippen molar-refractivity contribution in [3.8, 4) is 0 Å². The van der Waals surface area contributed by atoms with Crippen LogP contribution >= 0.6 is 0 Å². The van der Waals surface area contributed by atoms with E-state index in [0.717, 1.165) is 19.6 Å². The van der Waals surface area contributed by atoms with Crippen molar-refractivity contribution in [2.45, 2.75) is 83.3 Å². The van der Waals surface area contributed by atoms with Crippen molar-refractivity contribution in [3.63, 3.8) is 0 Å². The van der Waals surface area contributed by atoms with Crippen molar-refractivity contribution in [1.29, 1.82) is 0 Å². The SMILES string of the molecule is CCCC[Si](C)(C)CCCCOC1CCCCO1. The molecule has 0 aromatic heterocycles. The van der Waals surface area contributed by atoms with Crippen LogP contribution in [0.15, 0.2) is 0 Å². The van der Waals surface area contributed by atoms with Crippen LogP contribution in [0.5, 0.6) is 0 Å². The molecule has 3 heteroatoms. The largest absolute Gasteiger partial charge is 0.353 e. The zero-order chi connectivity index (χ0) is 13.3. The molecular weight excluding hydrogens is 240 g/mol. The lowest BCUT2D eigenvalue weighted by Gasteiger charge is -2.24. The third-order valence-electron chi connectivity index (χ3n) is 3.90. The first-order valence-electron chi connectivity index (χ1n) is 7.87. The van der Waals surface area contributed by atoms with Gasteiger partial charge in [0.15, 0.2) is 6.29 Å². The van der Waals surface area contributed by atoms with E-state index in [4.69, 9.17) is 9.47 Å². The van der Waals surface area contributed by atoms with Gasteiger partial charge in [-0.2, -0.15) is 0 Å². The third kappa shape index (κ3) is 7.55. The lowest BCUT2D eigenvalue weighted by Crippen LogP contribution is -2.25. The van der Waals surface area contributed by atoms with Gasteiger partial charge >= 0.3 is 0 Å². The second-order valence-electron chi connectivity index (χ2n) is 6.39. The molecule has 0 aromatic carbocycles. The Morgan fingerprint density at radius 2 is 1.89 bits per heavy atom. The van der Waals surface area contributed by atoms with E-state index in [1.807, 2.05) is 0 Å². The zero-order valence-electron chi connectivity index (χ0n) is 12.7. The van der Waals surface area contributed by atoms with Gasteiger partial charge in [-0.15, -0.1) is 0 Å². The van der Waals surface area contributed by atoms with Crippen molar-refractivity contribution in [2.75, 3.05) is 13.2 Å². The first-order valence-corrected chi connectivity index (χ1v) is 11.3. The molecule has 1 aliphatic rings. The monoisotopic (exact) mass is 272 g/mol. The van der Waals surface area contributed by atoms with Gasteiger partial charge in [-0.05, 0) is 25.7 Å². The van der Waals surface area contributed by atoms with Crippen LogP contribution in [0.25, 0.3) is 0 Å². The number of ether oxygens (including phenoxy) is 2. The summed E-state index contributed by atoms with van der Waals surface area (Å²) < 4.78 is 11.3. The number of hydrogen-bond acceptors (Lipinski definition) is 2. The van der Waals surface area contributed by atoms with Crippen LogP contribution in [0.2, 0.25) is 25.2 Å². The lowest BCUT2D eigenvalue weighted by atomic mass is 10.2. The fourth-order valence-electron chi connectivity index (χ4n) is 2.54. The molecule has 108 valence electrons. The minimum atomic E-state index is -0.901. The molecule has 1 aliphatic heterocycles. The minimum absolute atomic E-state index is 0.101. The van der Waals surface area contributed by atoms with Crippen LogP contribution in [0.3, 0.4) is 0 Å². The summed E-state index contributed by atoms with van der Waals surface area (Å²) in [6.07, 6.45) is 8.99. The quantitative estimate of drug-likeness (QED) is 0.442. The molecule has 0 saturated carbocycles. The fraction of sp³-hybridized carbons (Fsp3) is 1.00. The second kappa shape index (κ2) is 9.11. The van der Waals surface area contributed by atoms with Gasteiger partial charge < -0.3 is 9.47 Å². The Kier molecular flexibility index (Phi) is 8.19. The average molecular weight is 273 g/mol. The maximum atomic E-state index is 5.77. The van der Waals surface area contributed by atoms with E-state index < -0.39 is 8.07 Å². The lowest BCUT2D eigenvalue weighted by molar-refractivity contribution is -0.162. The Hall–Kier alpha value is 0.137. The van der Waals surface area contributed by atoms with Crippen LogP contribution in [0, 0.1) is 0 Å². The molecule has 0 bridgehead atoms. The van der Waals surface area contributed by atoms with Gasteiger partial charge in [0, 0.05) is 21.3 Å². The molecule has 1 rings (SSSR count). The molecule has 0 spiro atoms. The molecule has 1 atom stereocenters. The minimum Gasteiger partial charge on any atom is -0.353 e. The highest BCUT2D eigenvalue weighted by molar-refractivity contribution is 6.77. The highest BCUT2D eigenvalue weighted by Crippen LogP contribution is 2.21. The van der Waals surface area contributed by atoms with Gasteiger partial charge in [0.25, 0.3) is 0 Å². The Morgan fingerprint density at radius 3 is 2.56 bits per heavy atom. The smallest absolute Gasteiger partial charge is 0.157 e. The average Bonchev–Trinajstić information content (AvgIpc) is 2.37. The van der Waals surface area contributed by atoms with E-state index in [-0.39, 0.29) is 6.29 Å². The summed E-state index contributed by atoms with van der Waals surface area (Å²) in [6, 6.07) is 2.96. The Bertz CT molecular complexity index is 201. The Morgan fingerprint density at radius 1 is 1.11 bits per heavy atom. The molecule has 1 fully saturated rings. The Labute approximate surface area is 114 Å². The highest BCUT2D eigenvalue weighted by Gasteiger charge is 2.19. The van der Waals surface area contributed by atoms with Gasteiger partial charge in [0.05, 0.1) is 0 Å². The van der Waals surface area contributed by atoms with E-state index in [1.54, 1.807) is 0 Å². The van der Waals surface area contributed by atoms with Crippen LogP contribution in [0.1, 0.15) is 51.9 Å². The van der Waals surface area contributed by atoms with Crippen molar-refractivity contribution < 1.29 is 9.47 Å². The van der Waals surface area contributed by atoms with Crippen molar-refractivity contribution in [3.05, 3.63) is 0 Å². The molecule has 1 heterocycles. The van der Waals surface area contributed by atoms with Crippen molar-refractivity contribution in [2.24, 2.45) is 0 Å². The van der Waals surface area contributed by atoms with E-state index in [0.29, 0.717) is 0 Å². The van der Waals surface area contributed by atoms with Crippen LogP contribution in [0.4, 0.5) is 0 Å². The first kappa shape index (κ1) is 16.2. The van der Waals surface area contributed by atoms with E-state index in [2.05, 4.69) is 20.0 Å². The van der Waals surface area contributed by atoms with Gasteiger partial charge in [-0.3, -0.25) is 0 Å². The summed E-state index contributed by atoms with van der Waals surface area (Å²) in [5.74, 6) is 0. The van der Waals surface area contributed by atoms with Crippen LogP contribution < -0.4 is 0 Å². The van der Waals surface area contributed by atoms with Gasteiger partial charge in [0.2, 0.25) is 0 Å². The van der Waals surface area contributed by atoms with Gasteiger partial charge in [0.1, 0.15) is 0 Å². The third-order valence-corrected chi connectivity index (χ3v) is 7.31. The summed E-state index contributed by atoms with van der Waals surface area (Å²) in [6.45, 7) is 9.15. The molecule has 2 nitrogen and oxygen atoms in total. The maximum absolute atomic E-state index is 5.77. The summed E-state index contributed by atoms with van der Waals surface area (Å²) in [5.41, 5.74) is 0. The summed E-state index contributed by atoms with van der Waals surface area (Å²) >= 11 is 0. The molecule has 0 amide bonds. The molecule has 0 radical (unpaired) electrons. The number of hydrogen-bond donors (Lipinski definition) is 0. The second-order valence-corrected chi connectivity index (χ2v) is 11.7. The summed E-state index contributed by atoms with van der Waals surface area (Å²) in [7, 11) is -0.901. The van der Waals surface area contributed by atoms with Crippen LogP contribution in [-0.2, 0) is 9.47 Å². The zero-order valence-corrected chi connectivity index (χ0v) is 13.7. The van der Waals surface area contributed by atoms with Crippen molar-refractivity contribution >= 4 is 8.07 Å². The molecule has 0 aromatic rings. The molecule has 0 aliphatic carbocycles. The summed E-state index contributed by atoms with van der Waals surface area (Å²) in [4.78, 5) is 0. The number of rotatable bonds is 9. The summed E-state index contributed by atoms with van der Waals surface area (Å²) in [5, 5.41) is 0. The molecule has 1 unspecified atom stereocenters. The fourth-order valence-corrected chi connectivity index (χ4v) is 5.31. The van der Waals surface area contributed by atoms with E-state index >= 15 is 0 Å². The molecule has 0 N–H and O–H groups in total. The normalized spacial score (nSPS) is 21.2. The number of unbranched alkanes of at least 4 members (excludes halogenated alkanes) is 2. The predicted molar refractivity (Wildman–Crippen MR) is 80.8 cm³/mol.